The highest BCUT2D eigenvalue weighted by atomic mass is 16.5. The molecule has 1 fully saturated rings. The second-order valence-electron chi connectivity index (χ2n) is 5.43. The van der Waals surface area contributed by atoms with Gasteiger partial charge in [0.05, 0.1) is 11.7 Å². The van der Waals surface area contributed by atoms with Gasteiger partial charge in [-0.1, -0.05) is 12.2 Å². The molecule has 0 aromatic carbocycles. The monoisotopic (exact) mass is 209 g/mol. The Balaban J connectivity index is 1.68. The van der Waals surface area contributed by atoms with Gasteiger partial charge in [0.1, 0.15) is 0 Å². The van der Waals surface area contributed by atoms with Crippen LogP contribution in [0.1, 0.15) is 46.0 Å². The van der Waals surface area contributed by atoms with E-state index in [0.29, 0.717) is 12.1 Å². The third-order valence-corrected chi connectivity index (χ3v) is 3.46. The smallest absolute Gasteiger partial charge is 0.0707 e. The van der Waals surface area contributed by atoms with Gasteiger partial charge in [-0.15, -0.1) is 0 Å². The van der Waals surface area contributed by atoms with Gasteiger partial charge in [-0.2, -0.15) is 0 Å². The van der Waals surface area contributed by atoms with Crippen molar-refractivity contribution in [2.75, 3.05) is 6.54 Å². The summed E-state index contributed by atoms with van der Waals surface area (Å²) in [6.45, 7) is 5.41. The third-order valence-electron chi connectivity index (χ3n) is 3.46. The lowest BCUT2D eigenvalue weighted by atomic mass is 10.0. The number of ether oxygens (including phenoxy) is 1. The summed E-state index contributed by atoms with van der Waals surface area (Å²) >= 11 is 0. The van der Waals surface area contributed by atoms with E-state index in [4.69, 9.17) is 4.74 Å². The highest BCUT2D eigenvalue weighted by Crippen LogP contribution is 2.29. The molecule has 0 aromatic heterocycles. The Hall–Kier alpha value is -0.340. The highest BCUT2D eigenvalue weighted by Gasteiger charge is 2.31. The molecule has 2 heteroatoms. The van der Waals surface area contributed by atoms with Crippen LogP contribution in [0.2, 0.25) is 0 Å². The molecule has 2 atom stereocenters. The predicted molar refractivity (Wildman–Crippen MR) is 63.0 cm³/mol. The van der Waals surface area contributed by atoms with Crippen LogP contribution in [0.3, 0.4) is 0 Å². The Kier molecular flexibility index (Phi) is 3.47. The molecule has 0 spiro atoms. The van der Waals surface area contributed by atoms with Gasteiger partial charge in [-0.3, -0.25) is 0 Å². The summed E-state index contributed by atoms with van der Waals surface area (Å²) in [5, 5.41) is 3.63. The fourth-order valence-electron chi connectivity index (χ4n) is 2.50. The van der Waals surface area contributed by atoms with E-state index in [9.17, 15) is 0 Å². The van der Waals surface area contributed by atoms with Gasteiger partial charge in [0, 0.05) is 12.6 Å². The first-order valence-corrected chi connectivity index (χ1v) is 6.22. The van der Waals surface area contributed by atoms with E-state index in [1.54, 1.807) is 0 Å². The highest BCUT2D eigenvalue weighted by molar-refractivity contribution is 4.93. The number of rotatable bonds is 3. The zero-order valence-electron chi connectivity index (χ0n) is 9.96. The maximum atomic E-state index is 5.96. The summed E-state index contributed by atoms with van der Waals surface area (Å²) in [7, 11) is 0. The second-order valence-corrected chi connectivity index (χ2v) is 5.43. The molecular formula is C13H23NO. The zero-order chi connectivity index (χ0) is 10.7. The number of nitrogens with one attached hydrogen (secondary N) is 1. The van der Waals surface area contributed by atoms with Gasteiger partial charge < -0.3 is 10.1 Å². The van der Waals surface area contributed by atoms with Crippen molar-refractivity contribution in [3.8, 4) is 0 Å². The van der Waals surface area contributed by atoms with Crippen LogP contribution in [-0.2, 0) is 4.74 Å². The Morgan fingerprint density at radius 1 is 1.33 bits per heavy atom. The molecule has 15 heavy (non-hydrogen) atoms. The molecule has 1 N–H and O–H groups in total. The van der Waals surface area contributed by atoms with E-state index < -0.39 is 0 Å². The summed E-state index contributed by atoms with van der Waals surface area (Å²) in [4.78, 5) is 0. The van der Waals surface area contributed by atoms with Crippen LogP contribution in [0.5, 0.6) is 0 Å². The van der Waals surface area contributed by atoms with Crippen molar-refractivity contribution >= 4 is 0 Å². The van der Waals surface area contributed by atoms with Crippen LogP contribution in [0.15, 0.2) is 12.2 Å². The first kappa shape index (κ1) is 11.2. The molecule has 0 amide bonds. The third kappa shape index (κ3) is 3.32. The Morgan fingerprint density at radius 3 is 2.80 bits per heavy atom. The van der Waals surface area contributed by atoms with Gasteiger partial charge in [0.2, 0.25) is 0 Å². The molecule has 2 nitrogen and oxygen atoms in total. The lowest BCUT2D eigenvalue weighted by molar-refractivity contribution is -0.0152. The van der Waals surface area contributed by atoms with Gasteiger partial charge in [0.15, 0.2) is 0 Å². The molecule has 1 heterocycles. The van der Waals surface area contributed by atoms with Crippen molar-refractivity contribution in [3.63, 3.8) is 0 Å². The predicted octanol–water partition coefficient (Wildman–Crippen LogP) is 2.64. The molecule has 0 bridgehead atoms. The van der Waals surface area contributed by atoms with Gasteiger partial charge >= 0.3 is 0 Å². The van der Waals surface area contributed by atoms with Crippen LogP contribution in [0.4, 0.5) is 0 Å². The minimum absolute atomic E-state index is 0.110. The van der Waals surface area contributed by atoms with E-state index in [0.717, 1.165) is 6.54 Å². The van der Waals surface area contributed by atoms with Crippen LogP contribution in [-0.4, -0.2) is 24.3 Å². The van der Waals surface area contributed by atoms with E-state index in [2.05, 4.69) is 31.3 Å². The van der Waals surface area contributed by atoms with Crippen LogP contribution in [0, 0.1) is 0 Å². The number of hydrogen-bond acceptors (Lipinski definition) is 2. The molecule has 0 saturated carbocycles. The standard InChI is InChI=1S/C13H23NO/c1-13(2)9-8-12(15-13)10-14-11-6-4-3-5-7-11/h3-4,11-12,14H,5-10H2,1-2H3. The summed E-state index contributed by atoms with van der Waals surface area (Å²) in [6, 6.07) is 0.683. The van der Waals surface area contributed by atoms with Crippen molar-refractivity contribution < 1.29 is 4.74 Å². The molecule has 2 rings (SSSR count). The van der Waals surface area contributed by atoms with Crippen LogP contribution < -0.4 is 5.32 Å². The van der Waals surface area contributed by atoms with E-state index in [-0.39, 0.29) is 5.60 Å². The molecule has 2 unspecified atom stereocenters. The summed E-state index contributed by atoms with van der Waals surface area (Å²) < 4.78 is 5.96. The molecule has 1 aliphatic heterocycles. The minimum atomic E-state index is 0.110. The van der Waals surface area contributed by atoms with Crippen LogP contribution >= 0.6 is 0 Å². The number of allylic oxidation sites excluding steroid dienone is 1. The van der Waals surface area contributed by atoms with Crippen molar-refractivity contribution in [3.05, 3.63) is 12.2 Å². The summed E-state index contributed by atoms with van der Waals surface area (Å²) in [5.41, 5.74) is 0.110. The summed E-state index contributed by atoms with van der Waals surface area (Å²) in [6.07, 6.45) is 11.1. The van der Waals surface area contributed by atoms with Crippen molar-refractivity contribution in [1.82, 2.24) is 5.32 Å². The lowest BCUT2D eigenvalue weighted by Gasteiger charge is -2.23. The minimum Gasteiger partial charge on any atom is -0.371 e. The Morgan fingerprint density at radius 2 is 2.20 bits per heavy atom. The fraction of sp³-hybridized carbons (Fsp3) is 0.846. The van der Waals surface area contributed by atoms with Gasteiger partial charge in [0.25, 0.3) is 0 Å². The normalized spacial score (nSPS) is 34.5. The fourth-order valence-corrected chi connectivity index (χ4v) is 2.50. The Bertz CT molecular complexity index is 235. The average Bonchev–Trinajstić information content (AvgIpc) is 2.57. The maximum absolute atomic E-state index is 5.96. The first-order chi connectivity index (χ1) is 7.16. The second kappa shape index (κ2) is 4.67. The SMILES string of the molecule is CC1(C)CCC(CNC2CC=CCC2)O1. The van der Waals surface area contributed by atoms with Crippen molar-refractivity contribution in [2.45, 2.75) is 63.7 Å². The largest absolute Gasteiger partial charge is 0.371 e. The van der Waals surface area contributed by atoms with Gasteiger partial charge in [-0.05, 0) is 46.0 Å². The molecule has 0 aromatic rings. The molecular weight excluding hydrogens is 186 g/mol. The molecule has 2 aliphatic rings. The molecule has 1 saturated heterocycles. The lowest BCUT2D eigenvalue weighted by Crippen LogP contribution is -2.36. The first-order valence-electron chi connectivity index (χ1n) is 6.22. The summed E-state index contributed by atoms with van der Waals surface area (Å²) in [5.74, 6) is 0. The van der Waals surface area contributed by atoms with E-state index >= 15 is 0 Å². The maximum Gasteiger partial charge on any atom is 0.0707 e. The van der Waals surface area contributed by atoms with Crippen molar-refractivity contribution in [2.24, 2.45) is 0 Å². The van der Waals surface area contributed by atoms with E-state index in [1.165, 1.54) is 32.1 Å². The molecule has 1 aliphatic carbocycles. The van der Waals surface area contributed by atoms with Gasteiger partial charge in [-0.25, -0.2) is 0 Å². The average molecular weight is 209 g/mol. The molecule has 0 radical (unpaired) electrons. The number of hydrogen-bond donors (Lipinski definition) is 1. The van der Waals surface area contributed by atoms with Crippen molar-refractivity contribution in [1.29, 1.82) is 0 Å². The molecule has 86 valence electrons. The van der Waals surface area contributed by atoms with Crippen LogP contribution in [0.25, 0.3) is 0 Å². The van der Waals surface area contributed by atoms with E-state index in [1.807, 2.05) is 0 Å². The zero-order valence-corrected chi connectivity index (χ0v) is 9.96. The Labute approximate surface area is 93.1 Å². The quantitative estimate of drug-likeness (QED) is 0.721. The topological polar surface area (TPSA) is 21.3 Å².